The maximum absolute atomic E-state index is 13.4. The lowest BCUT2D eigenvalue weighted by molar-refractivity contribution is -0.0945. The second kappa shape index (κ2) is 9.51. The first-order valence-corrected chi connectivity index (χ1v) is 10.7. The molecule has 0 aliphatic carbocycles. The molecule has 3 aliphatic rings. The Hall–Kier alpha value is -1.87. The molecule has 0 radical (unpaired) electrons. The Morgan fingerprint density at radius 3 is 2.70 bits per heavy atom. The van der Waals surface area contributed by atoms with Gasteiger partial charge in [-0.1, -0.05) is 6.07 Å². The van der Waals surface area contributed by atoms with Crippen molar-refractivity contribution in [3.63, 3.8) is 0 Å². The van der Waals surface area contributed by atoms with Gasteiger partial charge in [0.2, 0.25) is 0 Å². The van der Waals surface area contributed by atoms with Crippen LogP contribution in [-0.2, 0) is 14.2 Å². The number of carbonyl (C=O) groups is 1. The first-order valence-electron chi connectivity index (χ1n) is 10.7. The van der Waals surface area contributed by atoms with Gasteiger partial charge < -0.3 is 28.6 Å². The monoisotopic (exact) mass is 420 g/mol. The van der Waals surface area contributed by atoms with Gasteiger partial charge in [-0.3, -0.25) is 9.69 Å². The van der Waals surface area contributed by atoms with Crippen LogP contribution >= 0.6 is 0 Å². The highest BCUT2D eigenvalue weighted by Crippen LogP contribution is 2.36. The number of rotatable bonds is 5. The number of benzene rings is 1. The molecule has 1 amide bonds. The molecule has 0 aromatic heterocycles. The molecule has 4 rings (SSSR count). The predicted octanol–water partition coefficient (Wildman–Crippen LogP) is 1.43. The molecule has 30 heavy (non-hydrogen) atoms. The van der Waals surface area contributed by atoms with Gasteiger partial charge in [0.25, 0.3) is 5.91 Å². The van der Waals surface area contributed by atoms with E-state index in [1.54, 1.807) is 26.4 Å². The van der Waals surface area contributed by atoms with Crippen molar-refractivity contribution >= 4 is 5.91 Å². The molecule has 0 bridgehead atoms. The second-order valence-electron chi connectivity index (χ2n) is 8.19. The van der Waals surface area contributed by atoms with Gasteiger partial charge >= 0.3 is 0 Å². The van der Waals surface area contributed by atoms with Gasteiger partial charge in [-0.05, 0) is 25.0 Å². The van der Waals surface area contributed by atoms with Crippen LogP contribution in [0.2, 0.25) is 0 Å². The van der Waals surface area contributed by atoms with Crippen molar-refractivity contribution in [3.8, 4) is 11.5 Å². The van der Waals surface area contributed by atoms with Gasteiger partial charge in [-0.15, -0.1) is 0 Å². The molecule has 0 N–H and O–H groups in total. The Kier molecular flexibility index (Phi) is 6.77. The van der Waals surface area contributed by atoms with Crippen LogP contribution in [0, 0.1) is 0 Å². The Morgan fingerprint density at radius 1 is 1.13 bits per heavy atom. The Balaban J connectivity index is 1.46. The van der Waals surface area contributed by atoms with Crippen LogP contribution in [0.1, 0.15) is 23.2 Å². The first-order chi connectivity index (χ1) is 14.6. The summed E-state index contributed by atoms with van der Waals surface area (Å²) >= 11 is 0. The largest absolute Gasteiger partial charge is 0.493 e. The molecule has 0 saturated carbocycles. The summed E-state index contributed by atoms with van der Waals surface area (Å²) in [7, 11) is 3.12. The molecule has 1 spiro atoms. The third-order valence-electron chi connectivity index (χ3n) is 6.17. The van der Waals surface area contributed by atoms with Gasteiger partial charge in [0.1, 0.15) is 5.60 Å². The van der Waals surface area contributed by atoms with E-state index < -0.39 is 5.60 Å². The van der Waals surface area contributed by atoms with Crippen LogP contribution in [0.5, 0.6) is 11.5 Å². The van der Waals surface area contributed by atoms with Crippen LogP contribution in [0.25, 0.3) is 0 Å². The maximum Gasteiger partial charge on any atom is 0.257 e. The minimum atomic E-state index is -0.449. The lowest BCUT2D eigenvalue weighted by Gasteiger charge is -2.33. The Labute approximate surface area is 178 Å². The van der Waals surface area contributed by atoms with E-state index in [1.165, 1.54) is 0 Å². The molecule has 3 aliphatic heterocycles. The lowest BCUT2D eigenvalue weighted by Crippen LogP contribution is -2.48. The van der Waals surface area contributed by atoms with E-state index in [1.807, 2.05) is 11.0 Å². The van der Waals surface area contributed by atoms with Gasteiger partial charge in [-0.25, -0.2) is 0 Å². The van der Waals surface area contributed by atoms with Gasteiger partial charge in [-0.2, -0.15) is 0 Å². The number of methoxy groups -OCH3 is 2. The van der Waals surface area contributed by atoms with Gasteiger partial charge in [0.05, 0.1) is 58.9 Å². The van der Waals surface area contributed by atoms with Crippen molar-refractivity contribution in [1.82, 2.24) is 9.80 Å². The van der Waals surface area contributed by atoms with E-state index in [0.29, 0.717) is 43.4 Å². The number of carbonyl (C=O) groups excluding carboxylic acids is 1. The average molecular weight is 421 g/mol. The quantitative estimate of drug-likeness (QED) is 0.714. The summed E-state index contributed by atoms with van der Waals surface area (Å²) in [6.45, 7) is 6.43. The number of ether oxygens (including phenoxy) is 5. The molecule has 3 fully saturated rings. The normalized spacial score (nSPS) is 27.8. The topological polar surface area (TPSA) is 69.7 Å². The average Bonchev–Trinajstić information content (AvgIpc) is 3.04. The summed E-state index contributed by atoms with van der Waals surface area (Å²) in [6.07, 6.45) is 2.03. The van der Waals surface area contributed by atoms with Crippen LogP contribution in [0.3, 0.4) is 0 Å². The highest BCUT2D eigenvalue weighted by Gasteiger charge is 2.44. The minimum absolute atomic E-state index is 0.0872. The van der Waals surface area contributed by atoms with E-state index in [9.17, 15) is 4.79 Å². The standard InChI is InChI=1S/C22H32N2O6/c1-26-19-5-3-4-18(20(19)27-2)21(25)24-10-13-29-16-22(15-24)7-6-17(30-22)14-23-8-11-28-12-9-23/h3-5,17H,6-16H2,1-2H3/t17-,22-/m0/s1. The SMILES string of the molecule is COc1cccc(C(=O)N2CCOC[C@]3(CC[C@@H](CN4CCOCC4)O3)C2)c1OC. The van der Waals surface area contributed by atoms with Gasteiger partial charge in [0, 0.05) is 26.2 Å². The lowest BCUT2D eigenvalue weighted by atomic mass is 9.99. The Morgan fingerprint density at radius 2 is 1.93 bits per heavy atom. The molecule has 8 heteroatoms. The molecule has 166 valence electrons. The van der Waals surface area contributed by atoms with Crippen molar-refractivity contribution in [3.05, 3.63) is 23.8 Å². The van der Waals surface area contributed by atoms with E-state index in [2.05, 4.69) is 4.90 Å². The van der Waals surface area contributed by atoms with Crippen molar-refractivity contribution in [2.24, 2.45) is 0 Å². The van der Waals surface area contributed by atoms with E-state index in [-0.39, 0.29) is 12.0 Å². The van der Waals surface area contributed by atoms with Crippen molar-refractivity contribution in [1.29, 1.82) is 0 Å². The maximum atomic E-state index is 13.4. The number of hydrogen-bond acceptors (Lipinski definition) is 7. The van der Waals surface area contributed by atoms with E-state index in [4.69, 9.17) is 23.7 Å². The van der Waals surface area contributed by atoms with E-state index >= 15 is 0 Å². The Bertz CT molecular complexity index is 738. The number of amides is 1. The number of hydrogen-bond donors (Lipinski definition) is 0. The van der Waals surface area contributed by atoms with Crippen LogP contribution in [0.4, 0.5) is 0 Å². The summed E-state index contributed by atoms with van der Waals surface area (Å²) < 4.78 is 28.7. The van der Waals surface area contributed by atoms with Crippen LogP contribution in [0.15, 0.2) is 18.2 Å². The minimum Gasteiger partial charge on any atom is -0.493 e. The summed E-state index contributed by atoms with van der Waals surface area (Å²) in [6, 6.07) is 5.38. The smallest absolute Gasteiger partial charge is 0.257 e. The molecule has 3 saturated heterocycles. The predicted molar refractivity (Wildman–Crippen MR) is 110 cm³/mol. The molecular formula is C22H32N2O6. The van der Waals surface area contributed by atoms with Crippen molar-refractivity contribution in [2.75, 3.05) is 73.4 Å². The fourth-order valence-electron chi connectivity index (χ4n) is 4.62. The molecule has 1 aromatic rings. The third-order valence-corrected chi connectivity index (χ3v) is 6.17. The second-order valence-corrected chi connectivity index (χ2v) is 8.19. The molecule has 1 aromatic carbocycles. The molecule has 3 heterocycles. The highest BCUT2D eigenvalue weighted by molar-refractivity contribution is 5.98. The molecule has 8 nitrogen and oxygen atoms in total. The molecule has 2 atom stereocenters. The summed E-state index contributed by atoms with van der Waals surface area (Å²) in [5, 5.41) is 0. The fraction of sp³-hybridized carbons (Fsp3) is 0.682. The van der Waals surface area contributed by atoms with Gasteiger partial charge in [0.15, 0.2) is 11.5 Å². The summed E-state index contributed by atoms with van der Waals surface area (Å²) in [5.41, 5.74) is 0.0478. The molecule has 0 unspecified atom stereocenters. The zero-order valence-electron chi connectivity index (χ0n) is 17.9. The summed E-state index contributed by atoms with van der Waals surface area (Å²) in [4.78, 5) is 17.6. The highest BCUT2D eigenvalue weighted by atomic mass is 16.6. The zero-order valence-corrected chi connectivity index (χ0v) is 17.9. The number of para-hydroxylation sites is 1. The first kappa shape index (κ1) is 21.4. The number of morpholine rings is 1. The van der Waals surface area contributed by atoms with Crippen LogP contribution in [-0.4, -0.2) is 101 Å². The summed E-state index contributed by atoms with van der Waals surface area (Å²) in [5.74, 6) is 0.921. The molecular weight excluding hydrogens is 388 g/mol. The van der Waals surface area contributed by atoms with Crippen LogP contribution < -0.4 is 9.47 Å². The van der Waals surface area contributed by atoms with Crippen molar-refractivity contribution in [2.45, 2.75) is 24.5 Å². The fourth-order valence-corrected chi connectivity index (χ4v) is 4.62. The zero-order chi connectivity index (χ0) is 21.0. The van der Waals surface area contributed by atoms with E-state index in [0.717, 1.165) is 45.7 Å². The number of nitrogens with zero attached hydrogens (tertiary/aromatic N) is 2. The third kappa shape index (κ3) is 4.56. The van der Waals surface area contributed by atoms with Crippen molar-refractivity contribution < 1.29 is 28.5 Å².